The molecule has 0 fully saturated rings. The Morgan fingerprint density at radius 1 is 0.944 bits per heavy atom. The molecular formula is C27H24FN3O5. The van der Waals surface area contributed by atoms with Gasteiger partial charge in [-0.3, -0.25) is 9.59 Å². The smallest absolute Gasteiger partial charge is 0.256 e. The predicted molar refractivity (Wildman–Crippen MR) is 134 cm³/mol. The van der Waals surface area contributed by atoms with Crippen LogP contribution in [0.2, 0.25) is 0 Å². The number of aromatic nitrogens is 1. The van der Waals surface area contributed by atoms with E-state index in [-0.39, 0.29) is 16.8 Å². The number of ether oxygens (including phenoxy) is 3. The molecule has 1 aromatic heterocycles. The zero-order valence-corrected chi connectivity index (χ0v) is 20.1. The summed E-state index contributed by atoms with van der Waals surface area (Å²) in [7, 11) is 4.53. The topological polar surface area (TPSA) is 113 Å². The number of carbonyl (C=O) groups excluding carboxylic acids is 2. The molecule has 4 rings (SSSR count). The number of fused-ring (bicyclic) bond motifs is 1. The highest BCUT2D eigenvalue weighted by Crippen LogP contribution is 2.41. The number of carbonyl (C=O) groups is 2. The summed E-state index contributed by atoms with van der Waals surface area (Å²) < 4.78 is 30.7. The molecule has 0 atom stereocenters. The number of rotatable bonds is 7. The van der Waals surface area contributed by atoms with Crippen molar-refractivity contribution in [1.29, 1.82) is 0 Å². The summed E-state index contributed by atoms with van der Waals surface area (Å²) >= 11 is 0. The maximum atomic E-state index is 14.4. The van der Waals surface area contributed by atoms with Gasteiger partial charge >= 0.3 is 0 Å². The van der Waals surface area contributed by atoms with Gasteiger partial charge in [0.25, 0.3) is 5.91 Å². The summed E-state index contributed by atoms with van der Waals surface area (Å²) in [5.41, 5.74) is 7.56. The molecule has 3 N–H and O–H groups in total. The van der Waals surface area contributed by atoms with Crippen LogP contribution < -0.4 is 25.3 Å². The summed E-state index contributed by atoms with van der Waals surface area (Å²) in [5.74, 6) is -0.673. The third kappa shape index (κ3) is 4.50. The standard InChI is InChI=1S/C27H24FN3O5/c1-14-19(28)9-16(26(29)32)10-21(14)31-27(33)18-13-22(30-20-8-6-5-7-17(18)20)15-11-23(34-2)25(36-4)24(12-15)35-3/h5-13H,1-4H3,(H2,29,32)(H,31,33). The van der Waals surface area contributed by atoms with E-state index < -0.39 is 17.6 Å². The van der Waals surface area contributed by atoms with Crippen molar-refractivity contribution in [2.24, 2.45) is 5.73 Å². The van der Waals surface area contributed by atoms with Gasteiger partial charge in [0.1, 0.15) is 5.82 Å². The molecule has 3 aromatic carbocycles. The second-order valence-electron chi connectivity index (χ2n) is 7.94. The van der Waals surface area contributed by atoms with Crippen LogP contribution in [0.25, 0.3) is 22.2 Å². The van der Waals surface area contributed by atoms with E-state index >= 15 is 0 Å². The van der Waals surface area contributed by atoms with Crippen molar-refractivity contribution < 1.29 is 28.2 Å². The molecule has 0 aliphatic heterocycles. The fourth-order valence-electron chi connectivity index (χ4n) is 3.88. The number of benzene rings is 3. The first-order valence-electron chi connectivity index (χ1n) is 10.9. The number of methoxy groups -OCH3 is 3. The van der Waals surface area contributed by atoms with Crippen molar-refractivity contribution in [1.82, 2.24) is 4.98 Å². The molecule has 0 aliphatic carbocycles. The Kier molecular flexibility index (Phi) is 6.73. The normalized spacial score (nSPS) is 10.7. The molecule has 36 heavy (non-hydrogen) atoms. The van der Waals surface area contributed by atoms with Crippen LogP contribution in [0.3, 0.4) is 0 Å². The number of nitrogens with zero attached hydrogens (tertiary/aromatic N) is 1. The number of primary amides is 1. The van der Waals surface area contributed by atoms with Crippen LogP contribution in [0.1, 0.15) is 26.3 Å². The number of halogens is 1. The highest BCUT2D eigenvalue weighted by Gasteiger charge is 2.20. The van der Waals surface area contributed by atoms with Crippen molar-refractivity contribution in [3.05, 3.63) is 77.1 Å². The van der Waals surface area contributed by atoms with E-state index in [4.69, 9.17) is 24.9 Å². The van der Waals surface area contributed by atoms with Crippen LogP contribution in [0.5, 0.6) is 17.2 Å². The second kappa shape index (κ2) is 9.91. The van der Waals surface area contributed by atoms with Gasteiger partial charge in [-0.05, 0) is 43.3 Å². The summed E-state index contributed by atoms with van der Waals surface area (Å²) in [4.78, 5) is 29.8. The predicted octanol–water partition coefficient (Wildman–Crippen LogP) is 4.73. The van der Waals surface area contributed by atoms with Crippen LogP contribution in [-0.4, -0.2) is 38.1 Å². The van der Waals surface area contributed by atoms with Crippen molar-refractivity contribution in [2.45, 2.75) is 6.92 Å². The average Bonchev–Trinajstić information content (AvgIpc) is 2.89. The lowest BCUT2D eigenvalue weighted by molar-refractivity contribution is 0.0996. The summed E-state index contributed by atoms with van der Waals surface area (Å²) in [6, 6.07) is 14.6. The highest BCUT2D eigenvalue weighted by molar-refractivity contribution is 6.13. The van der Waals surface area contributed by atoms with E-state index in [0.29, 0.717) is 45.0 Å². The van der Waals surface area contributed by atoms with E-state index in [9.17, 15) is 14.0 Å². The maximum absolute atomic E-state index is 14.4. The quantitative estimate of drug-likeness (QED) is 0.388. The molecule has 0 bridgehead atoms. The van der Waals surface area contributed by atoms with Crippen molar-refractivity contribution >= 4 is 28.4 Å². The molecule has 0 spiro atoms. The van der Waals surface area contributed by atoms with Crippen molar-refractivity contribution in [3.8, 4) is 28.5 Å². The zero-order valence-electron chi connectivity index (χ0n) is 20.1. The first-order chi connectivity index (χ1) is 17.3. The number of nitrogens with two attached hydrogens (primary N) is 1. The zero-order chi connectivity index (χ0) is 26.0. The van der Waals surface area contributed by atoms with Gasteiger partial charge in [0, 0.05) is 27.8 Å². The summed E-state index contributed by atoms with van der Waals surface area (Å²) in [6.07, 6.45) is 0. The Bertz CT molecular complexity index is 1480. The Labute approximate surface area is 206 Å². The van der Waals surface area contributed by atoms with Gasteiger partial charge in [-0.1, -0.05) is 18.2 Å². The van der Waals surface area contributed by atoms with Crippen LogP contribution in [0, 0.1) is 12.7 Å². The van der Waals surface area contributed by atoms with E-state index in [1.165, 1.54) is 34.3 Å². The third-order valence-electron chi connectivity index (χ3n) is 5.80. The first-order valence-corrected chi connectivity index (χ1v) is 10.9. The van der Waals surface area contributed by atoms with E-state index in [1.807, 2.05) is 6.07 Å². The lowest BCUT2D eigenvalue weighted by atomic mass is 10.0. The molecule has 0 radical (unpaired) electrons. The molecule has 0 aliphatic rings. The third-order valence-corrected chi connectivity index (χ3v) is 5.80. The molecule has 0 saturated carbocycles. The average molecular weight is 490 g/mol. The fraction of sp³-hybridized carbons (Fsp3) is 0.148. The molecular weight excluding hydrogens is 465 g/mol. The Morgan fingerprint density at radius 2 is 1.61 bits per heavy atom. The van der Waals surface area contributed by atoms with Crippen LogP contribution in [0.15, 0.2) is 54.6 Å². The van der Waals surface area contributed by atoms with Crippen molar-refractivity contribution in [2.75, 3.05) is 26.6 Å². The van der Waals surface area contributed by atoms with Gasteiger partial charge in [0.15, 0.2) is 11.5 Å². The number of nitrogens with one attached hydrogen (secondary N) is 1. The summed E-state index contributed by atoms with van der Waals surface area (Å²) in [5, 5.41) is 3.31. The number of hydrogen-bond acceptors (Lipinski definition) is 6. The Morgan fingerprint density at radius 3 is 2.22 bits per heavy atom. The van der Waals surface area contributed by atoms with E-state index in [2.05, 4.69) is 5.32 Å². The molecule has 1 heterocycles. The van der Waals surface area contributed by atoms with Gasteiger partial charge in [-0.25, -0.2) is 9.37 Å². The Balaban J connectivity index is 1.86. The molecule has 8 nitrogen and oxygen atoms in total. The number of amides is 2. The Hall–Kier alpha value is -4.66. The van der Waals surface area contributed by atoms with Gasteiger partial charge in [0.05, 0.1) is 38.1 Å². The highest BCUT2D eigenvalue weighted by atomic mass is 19.1. The molecule has 4 aromatic rings. The minimum absolute atomic E-state index is 0.0499. The molecule has 0 saturated heterocycles. The van der Waals surface area contributed by atoms with Gasteiger partial charge in [0.2, 0.25) is 11.7 Å². The minimum atomic E-state index is -0.802. The minimum Gasteiger partial charge on any atom is -0.493 e. The fourth-order valence-corrected chi connectivity index (χ4v) is 3.88. The van der Waals surface area contributed by atoms with Crippen LogP contribution in [0.4, 0.5) is 10.1 Å². The monoisotopic (exact) mass is 489 g/mol. The molecule has 184 valence electrons. The van der Waals surface area contributed by atoms with Crippen LogP contribution in [-0.2, 0) is 0 Å². The lowest BCUT2D eigenvalue weighted by Crippen LogP contribution is -2.17. The van der Waals surface area contributed by atoms with E-state index in [1.54, 1.807) is 36.4 Å². The first kappa shape index (κ1) is 24.5. The lowest BCUT2D eigenvalue weighted by Gasteiger charge is -2.16. The van der Waals surface area contributed by atoms with Crippen molar-refractivity contribution in [3.63, 3.8) is 0 Å². The maximum Gasteiger partial charge on any atom is 0.256 e. The number of hydrogen-bond donors (Lipinski definition) is 2. The number of para-hydroxylation sites is 1. The second-order valence-corrected chi connectivity index (χ2v) is 7.94. The van der Waals surface area contributed by atoms with Gasteiger partial charge in [-0.2, -0.15) is 0 Å². The molecule has 2 amide bonds. The summed E-state index contributed by atoms with van der Waals surface area (Å²) in [6.45, 7) is 1.50. The number of pyridine rings is 1. The van der Waals surface area contributed by atoms with E-state index in [0.717, 1.165) is 6.07 Å². The van der Waals surface area contributed by atoms with Gasteiger partial charge < -0.3 is 25.3 Å². The number of anilines is 1. The van der Waals surface area contributed by atoms with Crippen LogP contribution >= 0.6 is 0 Å². The molecule has 9 heteroatoms. The molecule has 0 unspecified atom stereocenters. The van der Waals surface area contributed by atoms with Gasteiger partial charge in [-0.15, -0.1) is 0 Å². The largest absolute Gasteiger partial charge is 0.493 e. The SMILES string of the molecule is COc1cc(-c2cc(C(=O)Nc3cc(C(N)=O)cc(F)c3C)c3ccccc3n2)cc(OC)c1OC.